The second-order valence-corrected chi connectivity index (χ2v) is 5.49. The molecule has 0 saturated carbocycles. The molecule has 1 N–H and O–H groups in total. The molecule has 0 bridgehead atoms. The van der Waals surface area contributed by atoms with Crippen molar-refractivity contribution in [2.24, 2.45) is 11.3 Å². The molecule has 2 atom stereocenters. The fraction of sp³-hybridized carbons (Fsp3) is 0.500. The summed E-state index contributed by atoms with van der Waals surface area (Å²) in [6.07, 6.45) is 3.19. The quantitative estimate of drug-likeness (QED) is 0.809. The molecule has 18 heavy (non-hydrogen) atoms. The lowest BCUT2D eigenvalue weighted by Crippen LogP contribution is -2.27. The third-order valence-corrected chi connectivity index (χ3v) is 3.84. The van der Waals surface area contributed by atoms with Crippen molar-refractivity contribution in [1.82, 2.24) is 0 Å². The van der Waals surface area contributed by atoms with Crippen LogP contribution in [0, 0.1) is 11.3 Å². The Morgan fingerprint density at radius 2 is 2.06 bits per heavy atom. The van der Waals surface area contributed by atoms with Crippen molar-refractivity contribution >= 4 is 0 Å². The van der Waals surface area contributed by atoms with E-state index in [1.54, 1.807) is 0 Å². The van der Waals surface area contributed by atoms with Gasteiger partial charge in [-0.1, -0.05) is 48.9 Å². The first-order chi connectivity index (χ1) is 8.65. The van der Waals surface area contributed by atoms with E-state index < -0.39 is 0 Å². The molecule has 2 rings (SSSR count). The highest BCUT2D eigenvalue weighted by atomic mass is 16.5. The second kappa shape index (κ2) is 5.68. The molecule has 2 unspecified atom stereocenters. The normalized spacial score (nSPS) is 27.3. The lowest BCUT2D eigenvalue weighted by Gasteiger charge is -2.25. The Bertz CT molecular complexity index is 410. The van der Waals surface area contributed by atoms with Gasteiger partial charge < -0.3 is 9.84 Å². The number of aliphatic hydroxyl groups excluding tert-OH is 1. The maximum atomic E-state index is 9.62. The predicted molar refractivity (Wildman–Crippen MR) is 73.2 cm³/mol. The highest BCUT2D eigenvalue weighted by Gasteiger charge is 2.35. The lowest BCUT2D eigenvalue weighted by molar-refractivity contribution is 0.0220. The maximum absolute atomic E-state index is 9.62. The van der Waals surface area contributed by atoms with E-state index >= 15 is 0 Å². The molecule has 0 spiro atoms. The van der Waals surface area contributed by atoms with Gasteiger partial charge in [-0.25, -0.2) is 0 Å². The molecule has 0 radical (unpaired) electrons. The summed E-state index contributed by atoms with van der Waals surface area (Å²) in [4.78, 5) is 0. The average Bonchev–Trinajstić information content (AvgIpc) is 2.67. The number of benzene rings is 1. The second-order valence-electron chi connectivity index (χ2n) is 5.49. The standard InChI is InChI=1S/C16H22O2/c1-13-8-16(11-17,9-14(13)2)12-18-10-15-6-4-3-5-7-15/h3-8,14,17H,9-12H2,1-2H3. The number of aliphatic hydroxyl groups is 1. The Morgan fingerprint density at radius 3 is 2.61 bits per heavy atom. The van der Waals surface area contributed by atoms with Crippen molar-refractivity contribution in [3.8, 4) is 0 Å². The predicted octanol–water partition coefficient (Wildman–Crippen LogP) is 3.17. The Kier molecular flexibility index (Phi) is 4.20. The fourth-order valence-electron chi connectivity index (χ4n) is 2.66. The Labute approximate surface area is 109 Å². The van der Waals surface area contributed by atoms with Gasteiger partial charge in [0.2, 0.25) is 0 Å². The summed E-state index contributed by atoms with van der Waals surface area (Å²) >= 11 is 0. The highest BCUT2D eigenvalue weighted by molar-refractivity contribution is 5.19. The van der Waals surface area contributed by atoms with Gasteiger partial charge in [0.15, 0.2) is 0 Å². The van der Waals surface area contributed by atoms with E-state index in [1.165, 1.54) is 11.1 Å². The number of hydrogen-bond donors (Lipinski definition) is 1. The lowest BCUT2D eigenvalue weighted by atomic mass is 9.87. The van der Waals surface area contributed by atoms with Crippen molar-refractivity contribution in [3.63, 3.8) is 0 Å². The highest BCUT2D eigenvalue weighted by Crippen LogP contribution is 2.39. The summed E-state index contributed by atoms with van der Waals surface area (Å²) in [5.74, 6) is 0.553. The molecule has 0 saturated heterocycles. The molecule has 2 heteroatoms. The van der Waals surface area contributed by atoms with Crippen LogP contribution in [0.5, 0.6) is 0 Å². The molecular weight excluding hydrogens is 224 g/mol. The summed E-state index contributed by atoms with van der Waals surface area (Å²) in [6, 6.07) is 10.2. The van der Waals surface area contributed by atoms with Gasteiger partial charge in [-0.2, -0.15) is 0 Å². The molecule has 0 aromatic heterocycles. The van der Waals surface area contributed by atoms with Gasteiger partial charge in [-0.05, 0) is 24.8 Å². The Hall–Kier alpha value is -1.12. The molecule has 1 aliphatic rings. The number of ether oxygens (including phenoxy) is 1. The van der Waals surface area contributed by atoms with Crippen molar-refractivity contribution < 1.29 is 9.84 Å². The molecule has 0 fully saturated rings. The van der Waals surface area contributed by atoms with Gasteiger partial charge >= 0.3 is 0 Å². The smallest absolute Gasteiger partial charge is 0.0717 e. The number of rotatable bonds is 5. The molecule has 1 aromatic rings. The zero-order chi connectivity index (χ0) is 13.0. The summed E-state index contributed by atoms with van der Waals surface area (Å²) in [6.45, 7) is 5.73. The molecule has 0 heterocycles. The first-order valence-electron chi connectivity index (χ1n) is 6.57. The molecule has 98 valence electrons. The van der Waals surface area contributed by atoms with Crippen LogP contribution in [0.4, 0.5) is 0 Å². The Balaban J connectivity index is 1.89. The summed E-state index contributed by atoms with van der Waals surface area (Å²) in [7, 11) is 0. The van der Waals surface area contributed by atoms with Crippen LogP contribution in [0.25, 0.3) is 0 Å². The molecule has 1 aromatic carbocycles. The van der Waals surface area contributed by atoms with E-state index in [4.69, 9.17) is 4.74 Å². The van der Waals surface area contributed by atoms with E-state index in [0.717, 1.165) is 6.42 Å². The molecule has 2 nitrogen and oxygen atoms in total. The third kappa shape index (κ3) is 3.01. The van der Waals surface area contributed by atoms with E-state index in [0.29, 0.717) is 19.1 Å². The van der Waals surface area contributed by atoms with E-state index in [-0.39, 0.29) is 12.0 Å². The monoisotopic (exact) mass is 246 g/mol. The van der Waals surface area contributed by atoms with E-state index in [9.17, 15) is 5.11 Å². The SMILES string of the molecule is CC1=CC(CO)(COCc2ccccc2)CC1C. The van der Waals surface area contributed by atoms with Crippen LogP contribution in [0.3, 0.4) is 0 Å². The van der Waals surface area contributed by atoms with Gasteiger partial charge in [-0.3, -0.25) is 0 Å². The van der Waals surface area contributed by atoms with Crippen molar-refractivity contribution in [3.05, 3.63) is 47.5 Å². The Morgan fingerprint density at radius 1 is 1.33 bits per heavy atom. The zero-order valence-corrected chi connectivity index (χ0v) is 11.2. The minimum atomic E-state index is -0.168. The minimum absolute atomic E-state index is 0.168. The van der Waals surface area contributed by atoms with Gasteiger partial charge in [0, 0.05) is 5.41 Å². The fourth-order valence-corrected chi connectivity index (χ4v) is 2.66. The largest absolute Gasteiger partial charge is 0.395 e. The first kappa shape index (κ1) is 13.3. The van der Waals surface area contributed by atoms with Crippen molar-refractivity contribution in [1.29, 1.82) is 0 Å². The van der Waals surface area contributed by atoms with Crippen LogP contribution in [0.2, 0.25) is 0 Å². The molecule has 1 aliphatic carbocycles. The van der Waals surface area contributed by atoms with Crippen molar-refractivity contribution in [2.45, 2.75) is 26.9 Å². The van der Waals surface area contributed by atoms with E-state index in [1.807, 2.05) is 18.2 Å². The first-order valence-corrected chi connectivity index (χ1v) is 6.57. The molecular formula is C16H22O2. The van der Waals surface area contributed by atoms with Crippen LogP contribution in [0.1, 0.15) is 25.8 Å². The number of hydrogen-bond acceptors (Lipinski definition) is 2. The van der Waals surface area contributed by atoms with Gasteiger partial charge in [0.05, 0.1) is 19.8 Å². The van der Waals surface area contributed by atoms with Gasteiger partial charge in [-0.15, -0.1) is 0 Å². The van der Waals surface area contributed by atoms with E-state index in [2.05, 4.69) is 32.1 Å². The maximum Gasteiger partial charge on any atom is 0.0717 e. The zero-order valence-electron chi connectivity index (χ0n) is 11.2. The van der Waals surface area contributed by atoms with Crippen molar-refractivity contribution in [2.75, 3.05) is 13.2 Å². The molecule has 0 aliphatic heterocycles. The topological polar surface area (TPSA) is 29.5 Å². The van der Waals surface area contributed by atoms with Crippen LogP contribution in [-0.4, -0.2) is 18.3 Å². The minimum Gasteiger partial charge on any atom is -0.395 e. The van der Waals surface area contributed by atoms with Gasteiger partial charge in [0.25, 0.3) is 0 Å². The molecule has 0 amide bonds. The number of allylic oxidation sites excluding steroid dienone is 1. The van der Waals surface area contributed by atoms with Crippen LogP contribution in [0.15, 0.2) is 42.0 Å². The third-order valence-electron chi connectivity index (χ3n) is 3.84. The van der Waals surface area contributed by atoms with Gasteiger partial charge in [0.1, 0.15) is 0 Å². The summed E-state index contributed by atoms with van der Waals surface area (Å²) < 4.78 is 5.79. The van der Waals surface area contributed by atoms with Crippen LogP contribution < -0.4 is 0 Å². The van der Waals surface area contributed by atoms with Crippen LogP contribution in [-0.2, 0) is 11.3 Å². The average molecular weight is 246 g/mol. The summed E-state index contributed by atoms with van der Waals surface area (Å²) in [5, 5.41) is 9.62. The van der Waals surface area contributed by atoms with Crippen LogP contribution >= 0.6 is 0 Å². The summed E-state index contributed by atoms with van der Waals surface area (Å²) in [5.41, 5.74) is 2.38.